The van der Waals surface area contributed by atoms with Crippen LogP contribution < -0.4 is 0 Å². The van der Waals surface area contributed by atoms with Gasteiger partial charge in [-0.3, -0.25) is 0 Å². The predicted octanol–water partition coefficient (Wildman–Crippen LogP) is 4.05. The molecular weight excluding hydrogens is 256 g/mol. The Hall–Kier alpha value is -1.48. The fourth-order valence-corrected chi connectivity index (χ4v) is 2.13. The summed E-state index contributed by atoms with van der Waals surface area (Å²) in [4.78, 5) is 0. The van der Waals surface area contributed by atoms with Gasteiger partial charge in [0.15, 0.2) is 0 Å². The Balaban J connectivity index is 2.49. The van der Waals surface area contributed by atoms with E-state index in [2.05, 4.69) is 15.9 Å². The van der Waals surface area contributed by atoms with Crippen molar-refractivity contribution in [1.82, 2.24) is 0 Å². The molecule has 3 rings (SSSR count). The highest BCUT2D eigenvalue weighted by Gasteiger charge is 2.05. The number of furan rings is 1. The number of hydrogen-bond donors (Lipinski definition) is 1. The minimum Gasteiger partial charge on any atom is -0.508 e. The second-order valence-corrected chi connectivity index (χ2v) is 4.32. The van der Waals surface area contributed by atoms with E-state index in [1.165, 1.54) is 0 Å². The van der Waals surface area contributed by atoms with Gasteiger partial charge in [0.1, 0.15) is 17.6 Å². The van der Waals surface area contributed by atoms with Crippen LogP contribution in [0, 0.1) is 0 Å². The molecule has 0 radical (unpaired) electrons. The molecule has 15 heavy (non-hydrogen) atoms. The van der Waals surface area contributed by atoms with Gasteiger partial charge in [0.2, 0.25) is 0 Å². The number of halogens is 1. The molecule has 0 atom stereocenters. The van der Waals surface area contributed by atoms with E-state index in [1.807, 2.05) is 18.2 Å². The van der Waals surface area contributed by atoms with Gasteiger partial charge in [0, 0.05) is 5.39 Å². The van der Waals surface area contributed by atoms with Crippen LogP contribution >= 0.6 is 15.9 Å². The van der Waals surface area contributed by atoms with Crippen molar-refractivity contribution in [3.05, 3.63) is 41.1 Å². The first-order valence-corrected chi connectivity index (χ1v) is 5.33. The standard InChI is InChI=1S/C12H7BrO2/c13-11-6-15-12-5-8-3-9(14)2-1-7(8)4-10(11)12/h1-6,14H. The number of phenols is 1. The van der Waals surface area contributed by atoms with Gasteiger partial charge < -0.3 is 9.52 Å². The van der Waals surface area contributed by atoms with Crippen molar-refractivity contribution in [2.75, 3.05) is 0 Å². The second-order valence-electron chi connectivity index (χ2n) is 3.46. The smallest absolute Gasteiger partial charge is 0.135 e. The Labute approximate surface area is 94.3 Å². The molecule has 0 unspecified atom stereocenters. The van der Waals surface area contributed by atoms with Crippen molar-refractivity contribution in [2.24, 2.45) is 0 Å². The number of benzene rings is 2. The summed E-state index contributed by atoms with van der Waals surface area (Å²) in [7, 11) is 0. The Bertz CT molecular complexity index is 655. The summed E-state index contributed by atoms with van der Waals surface area (Å²) in [6.45, 7) is 0. The van der Waals surface area contributed by atoms with E-state index in [1.54, 1.807) is 18.4 Å². The molecule has 0 fully saturated rings. The zero-order valence-corrected chi connectivity index (χ0v) is 9.28. The van der Waals surface area contributed by atoms with Crippen LogP contribution in [-0.2, 0) is 0 Å². The second kappa shape index (κ2) is 3.00. The lowest BCUT2D eigenvalue weighted by molar-refractivity contribution is 0.476. The van der Waals surface area contributed by atoms with Gasteiger partial charge in [0.05, 0.1) is 4.47 Å². The van der Waals surface area contributed by atoms with Crippen LogP contribution in [0.5, 0.6) is 5.75 Å². The molecule has 1 aromatic heterocycles. The maximum Gasteiger partial charge on any atom is 0.135 e. The maximum atomic E-state index is 9.37. The molecular formula is C12H7BrO2. The maximum absolute atomic E-state index is 9.37. The summed E-state index contributed by atoms with van der Waals surface area (Å²) in [5.74, 6) is 0.271. The third kappa shape index (κ3) is 1.31. The van der Waals surface area contributed by atoms with Gasteiger partial charge in [-0.25, -0.2) is 0 Å². The van der Waals surface area contributed by atoms with E-state index in [-0.39, 0.29) is 5.75 Å². The van der Waals surface area contributed by atoms with Crippen molar-refractivity contribution < 1.29 is 9.52 Å². The Morgan fingerprint density at radius 2 is 1.93 bits per heavy atom. The number of fused-ring (bicyclic) bond motifs is 2. The lowest BCUT2D eigenvalue weighted by Gasteiger charge is -1.98. The first-order chi connectivity index (χ1) is 7.24. The molecule has 74 valence electrons. The van der Waals surface area contributed by atoms with E-state index in [9.17, 15) is 5.11 Å². The molecule has 1 N–H and O–H groups in total. The molecule has 0 saturated carbocycles. The summed E-state index contributed by atoms with van der Waals surface area (Å²) < 4.78 is 6.32. The van der Waals surface area contributed by atoms with Crippen molar-refractivity contribution in [3.63, 3.8) is 0 Å². The van der Waals surface area contributed by atoms with Gasteiger partial charge >= 0.3 is 0 Å². The zero-order chi connectivity index (χ0) is 10.4. The third-order valence-corrected chi connectivity index (χ3v) is 3.08. The van der Waals surface area contributed by atoms with Gasteiger partial charge in [-0.2, -0.15) is 0 Å². The third-order valence-electron chi connectivity index (χ3n) is 2.47. The lowest BCUT2D eigenvalue weighted by atomic mass is 10.1. The Kier molecular flexibility index (Phi) is 1.76. The SMILES string of the molecule is Oc1ccc2cc3c(Br)coc3cc2c1. The number of aromatic hydroxyl groups is 1. The largest absolute Gasteiger partial charge is 0.508 e. The van der Waals surface area contributed by atoms with E-state index in [0.29, 0.717) is 0 Å². The molecule has 0 bridgehead atoms. The normalized spacial score (nSPS) is 11.3. The highest BCUT2D eigenvalue weighted by atomic mass is 79.9. The van der Waals surface area contributed by atoms with Gasteiger partial charge in [-0.15, -0.1) is 0 Å². The predicted molar refractivity (Wildman–Crippen MR) is 63.1 cm³/mol. The molecule has 3 heteroatoms. The van der Waals surface area contributed by atoms with Crippen LogP contribution in [0.3, 0.4) is 0 Å². The molecule has 0 saturated heterocycles. The van der Waals surface area contributed by atoms with Crippen molar-refractivity contribution >= 4 is 37.7 Å². The molecule has 0 amide bonds. The van der Waals surface area contributed by atoms with E-state index >= 15 is 0 Å². The van der Waals surface area contributed by atoms with Crippen molar-refractivity contribution in [2.45, 2.75) is 0 Å². The van der Waals surface area contributed by atoms with E-state index in [4.69, 9.17) is 4.42 Å². The van der Waals surface area contributed by atoms with E-state index in [0.717, 1.165) is 26.2 Å². The molecule has 3 aromatic rings. The Morgan fingerprint density at radius 1 is 1.07 bits per heavy atom. The van der Waals surface area contributed by atoms with Crippen LogP contribution in [0.1, 0.15) is 0 Å². The van der Waals surface area contributed by atoms with Crippen molar-refractivity contribution in [3.8, 4) is 5.75 Å². The van der Waals surface area contributed by atoms with Gasteiger partial charge in [-0.1, -0.05) is 6.07 Å². The summed E-state index contributed by atoms with van der Waals surface area (Å²) in [6.07, 6.45) is 1.67. The summed E-state index contributed by atoms with van der Waals surface area (Å²) >= 11 is 3.42. The Morgan fingerprint density at radius 3 is 2.80 bits per heavy atom. The highest BCUT2D eigenvalue weighted by molar-refractivity contribution is 9.10. The van der Waals surface area contributed by atoms with Crippen LogP contribution in [0.25, 0.3) is 21.7 Å². The van der Waals surface area contributed by atoms with E-state index < -0.39 is 0 Å². The lowest BCUT2D eigenvalue weighted by Crippen LogP contribution is -1.73. The number of rotatable bonds is 0. The van der Waals surface area contributed by atoms with Crippen LogP contribution in [0.15, 0.2) is 45.5 Å². The summed E-state index contributed by atoms with van der Waals surface area (Å²) in [5, 5.41) is 12.5. The van der Waals surface area contributed by atoms with Gasteiger partial charge in [-0.05, 0) is 51.0 Å². The first kappa shape index (κ1) is 8.80. The fourth-order valence-electron chi connectivity index (χ4n) is 1.73. The molecule has 2 nitrogen and oxygen atoms in total. The molecule has 0 aliphatic carbocycles. The highest BCUT2D eigenvalue weighted by Crippen LogP contribution is 2.31. The minimum atomic E-state index is 0.271. The first-order valence-electron chi connectivity index (χ1n) is 4.53. The van der Waals surface area contributed by atoms with Crippen LogP contribution in [-0.4, -0.2) is 5.11 Å². The number of phenolic OH excluding ortho intramolecular Hbond substituents is 1. The van der Waals surface area contributed by atoms with Crippen molar-refractivity contribution in [1.29, 1.82) is 0 Å². The fraction of sp³-hybridized carbons (Fsp3) is 0. The quantitative estimate of drug-likeness (QED) is 0.663. The molecule has 1 heterocycles. The molecule has 2 aromatic carbocycles. The summed E-state index contributed by atoms with van der Waals surface area (Å²) in [5.41, 5.74) is 0.819. The minimum absolute atomic E-state index is 0.271. The summed E-state index contributed by atoms with van der Waals surface area (Å²) in [6, 6.07) is 9.27. The van der Waals surface area contributed by atoms with Gasteiger partial charge in [0.25, 0.3) is 0 Å². The van der Waals surface area contributed by atoms with Crippen LogP contribution in [0.2, 0.25) is 0 Å². The average Bonchev–Trinajstić information content (AvgIpc) is 2.57. The molecule has 0 aliphatic heterocycles. The number of hydrogen-bond acceptors (Lipinski definition) is 2. The monoisotopic (exact) mass is 262 g/mol. The molecule has 0 aliphatic rings. The molecule has 0 spiro atoms. The topological polar surface area (TPSA) is 33.4 Å². The van der Waals surface area contributed by atoms with Crippen LogP contribution in [0.4, 0.5) is 0 Å². The average molecular weight is 263 g/mol. The zero-order valence-electron chi connectivity index (χ0n) is 7.70.